The average Bonchev–Trinajstić information content (AvgIpc) is 2.53. The summed E-state index contributed by atoms with van der Waals surface area (Å²) in [5.74, 6) is -1.06. The number of esters is 2. The molecule has 0 atom stereocenters. The highest BCUT2D eigenvalue weighted by atomic mass is 16.5. The molecular formula is C15H16N2O5. The summed E-state index contributed by atoms with van der Waals surface area (Å²) in [4.78, 5) is 22.9. The summed E-state index contributed by atoms with van der Waals surface area (Å²) in [5.41, 5.74) is 0.730. The molecule has 0 unspecified atom stereocenters. The highest BCUT2D eigenvalue weighted by Gasteiger charge is 2.14. The Morgan fingerprint density at radius 2 is 2.05 bits per heavy atom. The number of carbonyl (C=O) groups is 2. The van der Waals surface area contributed by atoms with Gasteiger partial charge in [-0.2, -0.15) is 5.26 Å². The first-order chi connectivity index (χ1) is 10.5. The minimum atomic E-state index is -0.729. The molecule has 0 radical (unpaired) electrons. The Bertz CT molecular complexity index is 631. The van der Waals surface area contributed by atoms with E-state index in [4.69, 9.17) is 10.00 Å². The summed E-state index contributed by atoms with van der Waals surface area (Å²) in [6, 6.07) is 6.68. The molecule has 0 aliphatic heterocycles. The lowest BCUT2D eigenvalue weighted by molar-refractivity contribution is -0.138. The van der Waals surface area contributed by atoms with Crippen LogP contribution in [-0.2, 0) is 19.1 Å². The van der Waals surface area contributed by atoms with Crippen molar-refractivity contribution in [3.8, 4) is 11.8 Å². The van der Waals surface area contributed by atoms with Crippen LogP contribution in [0.15, 0.2) is 30.0 Å². The summed E-state index contributed by atoms with van der Waals surface area (Å²) in [6.45, 7) is 2.18. The van der Waals surface area contributed by atoms with Crippen molar-refractivity contribution in [1.82, 2.24) is 0 Å². The van der Waals surface area contributed by atoms with E-state index in [1.807, 2.05) is 6.07 Å². The first-order valence-electron chi connectivity index (χ1n) is 6.37. The lowest BCUT2D eigenvalue weighted by atomic mass is 10.2. The van der Waals surface area contributed by atoms with Crippen LogP contribution in [0.25, 0.3) is 0 Å². The summed E-state index contributed by atoms with van der Waals surface area (Å²) in [5, 5.41) is 11.7. The molecule has 7 heteroatoms. The third-order valence-electron chi connectivity index (χ3n) is 2.55. The van der Waals surface area contributed by atoms with Crippen molar-refractivity contribution >= 4 is 17.6 Å². The molecule has 0 saturated heterocycles. The SMILES string of the molecule is CCOc1cc(N/C(=C/C(=O)OC)C(=O)OC)ccc1C#N. The third-order valence-corrected chi connectivity index (χ3v) is 2.55. The maximum absolute atomic E-state index is 11.7. The zero-order chi connectivity index (χ0) is 16.5. The zero-order valence-electron chi connectivity index (χ0n) is 12.5. The van der Waals surface area contributed by atoms with Gasteiger partial charge in [-0.3, -0.25) is 0 Å². The number of ether oxygens (including phenoxy) is 3. The van der Waals surface area contributed by atoms with Crippen LogP contribution in [0.5, 0.6) is 5.75 Å². The van der Waals surface area contributed by atoms with Crippen molar-refractivity contribution in [2.45, 2.75) is 6.92 Å². The van der Waals surface area contributed by atoms with Crippen molar-refractivity contribution < 1.29 is 23.8 Å². The zero-order valence-corrected chi connectivity index (χ0v) is 12.5. The van der Waals surface area contributed by atoms with E-state index in [0.717, 1.165) is 6.08 Å². The van der Waals surface area contributed by atoms with Crippen LogP contribution in [0.3, 0.4) is 0 Å². The minimum Gasteiger partial charge on any atom is -0.492 e. The van der Waals surface area contributed by atoms with E-state index in [-0.39, 0.29) is 5.70 Å². The van der Waals surface area contributed by atoms with Crippen LogP contribution < -0.4 is 10.1 Å². The Balaban J connectivity index is 3.11. The van der Waals surface area contributed by atoms with Crippen LogP contribution >= 0.6 is 0 Å². The average molecular weight is 304 g/mol. The van der Waals surface area contributed by atoms with Gasteiger partial charge in [0.1, 0.15) is 17.5 Å². The van der Waals surface area contributed by atoms with Gasteiger partial charge in [0.25, 0.3) is 0 Å². The molecule has 0 heterocycles. The predicted octanol–water partition coefficient (Wildman–Crippen LogP) is 1.60. The second-order valence-corrected chi connectivity index (χ2v) is 3.95. The van der Waals surface area contributed by atoms with Crippen molar-refractivity contribution in [1.29, 1.82) is 5.26 Å². The second kappa shape index (κ2) is 8.32. The first kappa shape index (κ1) is 17.0. The standard InChI is InChI=1S/C15H16N2O5/c1-4-22-13-7-11(6-5-10(13)9-16)17-12(15(19)21-3)8-14(18)20-2/h5-8,17H,4H2,1-3H3/b12-8+. The molecule has 0 spiro atoms. The summed E-state index contributed by atoms with van der Waals surface area (Å²) < 4.78 is 14.4. The molecule has 1 aromatic carbocycles. The second-order valence-electron chi connectivity index (χ2n) is 3.95. The van der Waals surface area contributed by atoms with Crippen molar-refractivity contribution in [2.75, 3.05) is 26.1 Å². The summed E-state index contributed by atoms with van der Waals surface area (Å²) >= 11 is 0. The van der Waals surface area contributed by atoms with E-state index in [1.165, 1.54) is 14.2 Å². The lowest BCUT2D eigenvalue weighted by Crippen LogP contribution is -2.15. The number of benzene rings is 1. The fraction of sp³-hybridized carbons (Fsp3) is 0.267. The maximum atomic E-state index is 11.7. The monoisotopic (exact) mass is 304 g/mol. The van der Waals surface area contributed by atoms with Crippen molar-refractivity contribution in [3.05, 3.63) is 35.5 Å². The van der Waals surface area contributed by atoms with E-state index in [9.17, 15) is 9.59 Å². The highest BCUT2D eigenvalue weighted by Crippen LogP contribution is 2.24. The normalized spacial score (nSPS) is 10.4. The molecule has 7 nitrogen and oxygen atoms in total. The number of carbonyl (C=O) groups excluding carboxylic acids is 2. The molecule has 1 rings (SSSR count). The van der Waals surface area contributed by atoms with E-state index in [0.29, 0.717) is 23.6 Å². The molecular weight excluding hydrogens is 288 g/mol. The van der Waals surface area contributed by atoms with Gasteiger partial charge in [-0.1, -0.05) is 0 Å². The number of methoxy groups -OCH3 is 2. The Kier molecular flexibility index (Phi) is 6.44. The molecule has 1 N–H and O–H groups in total. The Morgan fingerprint density at radius 1 is 1.32 bits per heavy atom. The van der Waals surface area contributed by atoms with Gasteiger partial charge in [0.05, 0.1) is 32.5 Å². The fourth-order valence-corrected chi connectivity index (χ4v) is 1.56. The van der Waals surface area contributed by atoms with Crippen molar-refractivity contribution in [3.63, 3.8) is 0 Å². The number of anilines is 1. The third kappa shape index (κ3) is 4.52. The van der Waals surface area contributed by atoms with Crippen LogP contribution in [0.1, 0.15) is 12.5 Å². The summed E-state index contributed by atoms with van der Waals surface area (Å²) in [6.07, 6.45) is 0.977. The fourth-order valence-electron chi connectivity index (χ4n) is 1.56. The van der Waals surface area contributed by atoms with Gasteiger partial charge in [0.2, 0.25) is 0 Å². The topological polar surface area (TPSA) is 97.7 Å². The largest absolute Gasteiger partial charge is 0.492 e. The van der Waals surface area contributed by atoms with Gasteiger partial charge >= 0.3 is 11.9 Å². The minimum absolute atomic E-state index is 0.0958. The van der Waals surface area contributed by atoms with Gasteiger partial charge < -0.3 is 19.5 Å². The Morgan fingerprint density at radius 3 is 2.59 bits per heavy atom. The molecule has 22 heavy (non-hydrogen) atoms. The van der Waals surface area contributed by atoms with Crippen LogP contribution in [0.4, 0.5) is 5.69 Å². The van der Waals surface area contributed by atoms with Gasteiger partial charge in [0, 0.05) is 11.8 Å². The number of nitrogens with one attached hydrogen (secondary N) is 1. The number of nitriles is 1. The van der Waals surface area contributed by atoms with Crippen LogP contribution in [0.2, 0.25) is 0 Å². The van der Waals surface area contributed by atoms with E-state index in [1.54, 1.807) is 25.1 Å². The summed E-state index contributed by atoms with van der Waals surface area (Å²) in [7, 11) is 2.39. The number of rotatable bonds is 6. The van der Waals surface area contributed by atoms with E-state index < -0.39 is 11.9 Å². The number of hydrogen-bond donors (Lipinski definition) is 1. The lowest BCUT2D eigenvalue weighted by Gasteiger charge is -2.11. The van der Waals surface area contributed by atoms with E-state index >= 15 is 0 Å². The molecule has 0 fully saturated rings. The van der Waals surface area contributed by atoms with E-state index in [2.05, 4.69) is 14.8 Å². The maximum Gasteiger partial charge on any atom is 0.354 e. The smallest absolute Gasteiger partial charge is 0.354 e. The molecule has 0 bridgehead atoms. The van der Waals surface area contributed by atoms with Crippen LogP contribution in [-0.4, -0.2) is 32.8 Å². The predicted molar refractivity (Wildman–Crippen MR) is 78.1 cm³/mol. The van der Waals surface area contributed by atoms with Gasteiger partial charge in [0.15, 0.2) is 0 Å². The molecule has 0 aromatic heterocycles. The molecule has 116 valence electrons. The quantitative estimate of drug-likeness (QED) is 0.629. The van der Waals surface area contributed by atoms with Crippen LogP contribution in [0, 0.1) is 11.3 Å². The van der Waals surface area contributed by atoms with Gasteiger partial charge in [-0.05, 0) is 19.1 Å². The highest BCUT2D eigenvalue weighted by molar-refractivity contribution is 5.98. The molecule has 0 amide bonds. The van der Waals surface area contributed by atoms with Gasteiger partial charge in [-0.25, -0.2) is 9.59 Å². The molecule has 0 saturated carbocycles. The Hall–Kier alpha value is -3.01. The van der Waals surface area contributed by atoms with Gasteiger partial charge in [-0.15, -0.1) is 0 Å². The van der Waals surface area contributed by atoms with Crippen molar-refractivity contribution in [2.24, 2.45) is 0 Å². The number of hydrogen-bond acceptors (Lipinski definition) is 7. The molecule has 0 aliphatic carbocycles. The molecule has 1 aromatic rings. The number of nitrogens with zero attached hydrogens (tertiary/aromatic N) is 1. The first-order valence-corrected chi connectivity index (χ1v) is 6.37. The molecule has 0 aliphatic rings. The Labute approximate surface area is 128 Å².